The molecule has 1 unspecified atom stereocenters. The second kappa shape index (κ2) is 7.90. The highest BCUT2D eigenvalue weighted by Gasteiger charge is 2.34. The van der Waals surface area contributed by atoms with E-state index in [1.54, 1.807) is 6.92 Å². The van der Waals surface area contributed by atoms with Gasteiger partial charge in [0.15, 0.2) is 5.69 Å². The average Bonchev–Trinajstić information content (AvgIpc) is 3.03. The number of nitrogens with zero attached hydrogens (tertiary/aromatic N) is 2. The number of benzene rings is 1. The molecule has 1 aromatic carbocycles. The Balaban J connectivity index is 1.76. The lowest BCUT2D eigenvalue weighted by molar-refractivity contribution is -0.120. The van der Waals surface area contributed by atoms with Crippen molar-refractivity contribution < 1.29 is 18.0 Å². The van der Waals surface area contributed by atoms with Crippen LogP contribution in [-0.4, -0.2) is 47.8 Å². The largest absolute Gasteiger partial charge is 0.364 e. The molecule has 0 bridgehead atoms. The quantitative estimate of drug-likeness (QED) is 0.666. The number of anilines is 1. The van der Waals surface area contributed by atoms with Gasteiger partial charge in [-0.15, -0.1) is 0 Å². The predicted octanol–water partition coefficient (Wildman–Crippen LogP) is 1.51. The van der Waals surface area contributed by atoms with Crippen LogP contribution in [-0.2, 0) is 14.8 Å². The maximum absolute atomic E-state index is 12.9. The van der Waals surface area contributed by atoms with Gasteiger partial charge in [0.25, 0.3) is 5.91 Å². The van der Waals surface area contributed by atoms with Crippen LogP contribution in [0.15, 0.2) is 29.2 Å². The molecule has 9 nitrogen and oxygen atoms in total. The molecule has 1 aliphatic rings. The van der Waals surface area contributed by atoms with Crippen molar-refractivity contribution in [2.24, 2.45) is 11.7 Å². The number of halogens is 1. The van der Waals surface area contributed by atoms with E-state index in [0.29, 0.717) is 30.1 Å². The normalized spacial score (nSPS) is 18.0. The van der Waals surface area contributed by atoms with Gasteiger partial charge in [-0.1, -0.05) is 11.6 Å². The molecule has 4 N–H and O–H groups in total. The zero-order valence-electron chi connectivity index (χ0n) is 15.1. The summed E-state index contributed by atoms with van der Waals surface area (Å²) in [7, 11) is -3.73. The van der Waals surface area contributed by atoms with Crippen molar-refractivity contribution in [3.05, 3.63) is 40.7 Å². The van der Waals surface area contributed by atoms with Crippen LogP contribution in [0.4, 0.5) is 5.69 Å². The van der Waals surface area contributed by atoms with Crippen LogP contribution in [0.3, 0.4) is 0 Å². The second-order valence-electron chi connectivity index (χ2n) is 6.58. The lowest BCUT2D eigenvalue weighted by Crippen LogP contribution is -2.43. The lowest BCUT2D eigenvalue weighted by atomic mass is 9.98. The van der Waals surface area contributed by atoms with Gasteiger partial charge < -0.3 is 11.1 Å². The molecule has 11 heteroatoms. The second-order valence-corrected chi connectivity index (χ2v) is 8.96. The fourth-order valence-electron chi connectivity index (χ4n) is 3.12. The number of aryl methyl sites for hydroxylation is 1. The molecule has 0 saturated carbocycles. The summed E-state index contributed by atoms with van der Waals surface area (Å²) in [5, 5.41) is 9.48. The number of hydrogen-bond acceptors (Lipinski definition) is 5. The average molecular weight is 426 g/mol. The molecule has 2 amide bonds. The Hall–Kier alpha value is -2.43. The van der Waals surface area contributed by atoms with Crippen LogP contribution in [0.5, 0.6) is 0 Å². The van der Waals surface area contributed by atoms with E-state index in [0.717, 1.165) is 0 Å². The van der Waals surface area contributed by atoms with Gasteiger partial charge in [-0.25, -0.2) is 8.42 Å². The van der Waals surface area contributed by atoms with E-state index < -0.39 is 21.8 Å². The third-order valence-electron chi connectivity index (χ3n) is 4.64. The van der Waals surface area contributed by atoms with Gasteiger partial charge in [-0.05, 0) is 44.0 Å². The summed E-state index contributed by atoms with van der Waals surface area (Å²) >= 11 is 5.83. The molecular formula is C17H20ClN5O4S. The highest BCUT2D eigenvalue weighted by Crippen LogP contribution is 2.26. The summed E-state index contributed by atoms with van der Waals surface area (Å²) in [6.45, 7) is 2.01. The third-order valence-corrected chi connectivity index (χ3v) is 6.77. The van der Waals surface area contributed by atoms with Gasteiger partial charge in [-0.3, -0.25) is 14.7 Å². The van der Waals surface area contributed by atoms with E-state index in [1.807, 2.05) is 0 Å². The number of rotatable bonds is 5. The van der Waals surface area contributed by atoms with Gasteiger partial charge in [-0.2, -0.15) is 9.40 Å². The van der Waals surface area contributed by atoms with Gasteiger partial charge in [0.05, 0.1) is 22.2 Å². The number of amides is 2. The molecule has 150 valence electrons. The fraction of sp³-hybridized carbons (Fsp3) is 0.353. The molecular weight excluding hydrogens is 406 g/mol. The summed E-state index contributed by atoms with van der Waals surface area (Å²) in [5.41, 5.74) is 5.91. The number of carbonyl (C=O) groups excluding carboxylic acids is 2. The van der Waals surface area contributed by atoms with E-state index in [2.05, 4.69) is 15.5 Å². The Bertz CT molecular complexity index is 1000. The van der Waals surface area contributed by atoms with Crippen molar-refractivity contribution in [1.29, 1.82) is 0 Å². The smallest absolute Gasteiger partial charge is 0.271 e. The monoisotopic (exact) mass is 425 g/mol. The Kier molecular flexibility index (Phi) is 5.73. The minimum atomic E-state index is -3.73. The number of aromatic nitrogens is 2. The zero-order chi connectivity index (χ0) is 20.5. The van der Waals surface area contributed by atoms with Crippen LogP contribution in [0, 0.1) is 12.8 Å². The van der Waals surface area contributed by atoms with Crippen LogP contribution in [0.25, 0.3) is 0 Å². The topological polar surface area (TPSA) is 138 Å². The molecule has 0 radical (unpaired) electrons. The van der Waals surface area contributed by atoms with Gasteiger partial charge in [0, 0.05) is 18.1 Å². The highest BCUT2D eigenvalue weighted by atomic mass is 35.5. The first-order chi connectivity index (χ1) is 13.2. The zero-order valence-corrected chi connectivity index (χ0v) is 16.7. The first-order valence-corrected chi connectivity index (χ1v) is 10.4. The van der Waals surface area contributed by atoms with Crippen molar-refractivity contribution in [2.75, 3.05) is 18.4 Å². The third kappa shape index (κ3) is 4.03. The Labute approximate surface area is 167 Å². The molecule has 1 saturated heterocycles. The van der Waals surface area contributed by atoms with E-state index >= 15 is 0 Å². The number of H-pyrrole nitrogens is 1. The molecule has 28 heavy (non-hydrogen) atoms. The molecule has 2 aromatic rings. The van der Waals surface area contributed by atoms with Crippen LogP contribution in [0.2, 0.25) is 5.02 Å². The minimum absolute atomic E-state index is 0.0413. The van der Waals surface area contributed by atoms with Crippen molar-refractivity contribution in [2.45, 2.75) is 24.7 Å². The van der Waals surface area contributed by atoms with Gasteiger partial charge in [0.1, 0.15) is 0 Å². The predicted molar refractivity (Wildman–Crippen MR) is 103 cm³/mol. The first-order valence-electron chi connectivity index (χ1n) is 8.61. The maximum atomic E-state index is 12.9. The van der Waals surface area contributed by atoms with Crippen molar-refractivity contribution in [3.8, 4) is 0 Å². The summed E-state index contributed by atoms with van der Waals surface area (Å²) in [5.74, 6) is -1.72. The van der Waals surface area contributed by atoms with E-state index in [1.165, 1.54) is 28.6 Å². The molecule has 1 atom stereocenters. The lowest BCUT2D eigenvalue weighted by Gasteiger charge is -2.31. The summed E-state index contributed by atoms with van der Waals surface area (Å²) in [6, 6.07) is 5.90. The van der Waals surface area contributed by atoms with Gasteiger partial charge >= 0.3 is 0 Å². The molecule has 2 heterocycles. The Morgan fingerprint density at radius 1 is 1.32 bits per heavy atom. The Morgan fingerprint density at radius 3 is 2.64 bits per heavy atom. The number of aromatic amines is 1. The molecule has 1 fully saturated rings. The highest BCUT2D eigenvalue weighted by molar-refractivity contribution is 7.89. The maximum Gasteiger partial charge on any atom is 0.271 e. The number of nitrogens with two attached hydrogens (primary N) is 1. The number of sulfonamides is 1. The summed E-state index contributed by atoms with van der Waals surface area (Å²) in [6.07, 6.45) is 1.07. The first kappa shape index (κ1) is 20.3. The van der Waals surface area contributed by atoms with E-state index in [9.17, 15) is 18.0 Å². The van der Waals surface area contributed by atoms with E-state index in [4.69, 9.17) is 17.3 Å². The number of nitrogens with one attached hydrogen (secondary N) is 2. The van der Waals surface area contributed by atoms with Crippen LogP contribution < -0.4 is 11.1 Å². The summed E-state index contributed by atoms with van der Waals surface area (Å²) in [4.78, 5) is 24.3. The van der Waals surface area contributed by atoms with Crippen molar-refractivity contribution in [1.82, 2.24) is 14.5 Å². The number of hydrogen-bond donors (Lipinski definition) is 3. The minimum Gasteiger partial charge on any atom is -0.364 e. The molecule has 1 aromatic heterocycles. The molecule has 0 spiro atoms. The van der Waals surface area contributed by atoms with Crippen molar-refractivity contribution >= 4 is 39.1 Å². The molecule has 1 aliphatic heterocycles. The Morgan fingerprint density at radius 2 is 2.00 bits per heavy atom. The number of carbonyl (C=O) groups is 2. The molecule has 0 aliphatic carbocycles. The number of piperidine rings is 1. The van der Waals surface area contributed by atoms with Crippen LogP contribution in [0.1, 0.15) is 29.0 Å². The number of primary amides is 1. The molecule has 3 rings (SSSR count). The fourth-order valence-corrected chi connectivity index (χ4v) is 4.77. The van der Waals surface area contributed by atoms with Crippen molar-refractivity contribution in [3.63, 3.8) is 0 Å². The standard InChI is InChI=1S/C17H20ClN5O4S/c1-10-14(15(16(19)24)22-21-10)20-17(25)11-3-2-8-23(9-11)28(26,27)13-6-4-12(18)5-7-13/h4-7,11H,2-3,8-9H2,1H3,(H2,19,24)(H,20,25)(H,21,22). The van der Waals surface area contributed by atoms with Gasteiger partial charge in [0.2, 0.25) is 15.9 Å². The van der Waals surface area contributed by atoms with E-state index in [-0.39, 0.29) is 28.7 Å². The summed E-state index contributed by atoms with van der Waals surface area (Å²) < 4.78 is 27.0. The SMILES string of the molecule is Cc1[nH]nc(C(N)=O)c1NC(=O)C1CCCN(S(=O)(=O)c2ccc(Cl)cc2)C1. The van der Waals surface area contributed by atoms with Crippen LogP contribution >= 0.6 is 11.6 Å².